The van der Waals surface area contributed by atoms with Crippen molar-refractivity contribution in [3.05, 3.63) is 121 Å². The van der Waals surface area contributed by atoms with Crippen LogP contribution < -0.4 is 14.5 Å². The average Bonchev–Trinajstić information content (AvgIpc) is 3.56. The van der Waals surface area contributed by atoms with Gasteiger partial charge in [0.25, 0.3) is 0 Å². The molecule has 0 radical (unpaired) electrons. The number of para-hydroxylation sites is 1. The van der Waals surface area contributed by atoms with Crippen LogP contribution >= 0.6 is 0 Å². The molecule has 0 unspecified atom stereocenters. The van der Waals surface area contributed by atoms with E-state index in [1.54, 1.807) is 6.67 Å². The van der Waals surface area contributed by atoms with E-state index in [2.05, 4.69) is 94.6 Å². The third-order valence-electron chi connectivity index (χ3n) is 8.22. The van der Waals surface area contributed by atoms with Crippen LogP contribution in [0, 0.1) is 18.8 Å². The van der Waals surface area contributed by atoms with Gasteiger partial charge in [0.2, 0.25) is 0 Å². The van der Waals surface area contributed by atoms with E-state index in [-0.39, 0.29) is 31.9 Å². The van der Waals surface area contributed by atoms with Gasteiger partial charge in [-0.3, -0.25) is 0 Å². The van der Waals surface area contributed by atoms with E-state index < -0.39 is 6.98 Å². The molecule has 1 aliphatic heterocycles. The summed E-state index contributed by atoms with van der Waals surface area (Å²) in [7, 11) is 0. The molecule has 0 bridgehead atoms. The molecule has 0 spiro atoms. The van der Waals surface area contributed by atoms with E-state index in [4.69, 9.17) is 13.8 Å². The number of fused-ring (bicyclic) bond motifs is 4. The quantitative estimate of drug-likeness (QED) is 0.167. The Morgan fingerprint density at radius 2 is 1.51 bits per heavy atom. The summed E-state index contributed by atoms with van der Waals surface area (Å²) in [4.78, 5) is 7.97. The summed E-state index contributed by atoms with van der Waals surface area (Å²) >= 11 is 0. The molecular formula is C39H37N4OPt-3. The maximum Gasteiger partial charge on any atom is 0.135 e. The Hall–Kier alpha value is -4.08. The zero-order chi connectivity index (χ0) is 33.3. The van der Waals surface area contributed by atoms with Gasteiger partial charge in [-0.05, 0) is 64.7 Å². The summed E-state index contributed by atoms with van der Waals surface area (Å²) in [6.07, 6.45) is 1.86. The zero-order valence-electron chi connectivity index (χ0n) is 29.3. The number of benzene rings is 4. The number of anilines is 3. The van der Waals surface area contributed by atoms with Gasteiger partial charge >= 0.3 is 0 Å². The number of nitrogens with zero attached hydrogens (tertiary/aromatic N) is 4. The van der Waals surface area contributed by atoms with Crippen molar-refractivity contribution in [2.45, 2.75) is 52.4 Å². The molecule has 0 saturated heterocycles. The van der Waals surface area contributed by atoms with Crippen LogP contribution in [-0.2, 0) is 31.9 Å². The van der Waals surface area contributed by atoms with Crippen LogP contribution in [0.1, 0.15) is 56.8 Å². The van der Waals surface area contributed by atoms with Crippen LogP contribution in [0.5, 0.6) is 11.5 Å². The maximum absolute atomic E-state index is 8.16. The fraction of sp³-hybridized carbons (Fsp3) is 0.231. The molecule has 0 atom stereocenters. The van der Waals surface area contributed by atoms with Crippen LogP contribution in [0.3, 0.4) is 0 Å². The van der Waals surface area contributed by atoms with Crippen molar-refractivity contribution in [2.75, 3.05) is 16.8 Å². The first-order valence-electron chi connectivity index (χ1n) is 16.4. The minimum absolute atomic E-state index is 0. The van der Waals surface area contributed by atoms with Crippen molar-refractivity contribution in [2.24, 2.45) is 0 Å². The Kier molecular flexibility index (Phi) is 6.89. The third kappa shape index (κ3) is 5.64. The molecule has 7 rings (SSSR count). The smallest absolute Gasteiger partial charge is 0.135 e. The van der Waals surface area contributed by atoms with Crippen LogP contribution in [0.15, 0.2) is 91.1 Å². The molecule has 0 fully saturated rings. The van der Waals surface area contributed by atoms with Gasteiger partial charge in [0, 0.05) is 59.8 Å². The second-order valence-corrected chi connectivity index (χ2v) is 13.4. The molecule has 3 heterocycles. The predicted molar refractivity (Wildman–Crippen MR) is 181 cm³/mol. The van der Waals surface area contributed by atoms with E-state index in [9.17, 15) is 0 Å². The molecule has 0 saturated carbocycles. The van der Waals surface area contributed by atoms with Gasteiger partial charge in [-0.2, -0.15) is 18.8 Å². The van der Waals surface area contributed by atoms with Crippen molar-refractivity contribution < 1.29 is 29.9 Å². The molecule has 0 aliphatic carbocycles. The fourth-order valence-electron chi connectivity index (χ4n) is 5.75. The molecule has 2 aromatic heterocycles. The normalized spacial score (nSPS) is 14.6. The average molecular weight is 776 g/mol. The number of hydrogen-bond donors (Lipinski definition) is 0. The first-order valence-corrected chi connectivity index (χ1v) is 14.9. The molecule has 45 heavy (non-hydrogen) atoms. The monoisotopic (exact) mass is 775 g/mol. The minimum atomic E-state index is -2.34. The topological polar surface area (TPSA) is 33.5 Å². The van der Waals surface area contributed by atoms with E-state index in [1.807, 2.05) is 59.6 Å². The van der Waals surface area contributed by atoms with E-state index in [0.29, 0.717) is 22.9 Å². The van der Waals surface area contributed by atoms with Crippen LogP contribution in [0.25, 0.3) is 27.6 Å². The number of ether oxygens (including phenoxy) is 1. The van der Waals surface area contributed by atoms with Gasteiger partial charge in [0.05, 0.1) is 0 Å². The molecule has 6 heteroatoms. The van der Waals surface area contributed by atoms with Crippen LogP contribution in [-0.4, -0.2) is 16.5 Å². The van der Waals surface area contributed by atoms with Gasteiger partial charge < -0.3 is 19.1 Å². The number of rotatable bonds is 4. The fourth-order valence-corrected chi connectivity index (χ4v) is 5.75. The van der Waals surface area contributed by atoms with E-state index in [0.717, 1.165) is 38.9 Å². The second kappa shape index (κ2) is 11.4. The summed E-state index contributed by atoms with van der Waals surface area (Å²) in [5, 5.41) is 2.16. The maximum atomic E-state index is 8.16. The molecule has 232 valence electrons. The van der Waals surface area contributed by atoms with Crippen molar-refractivity contribution >= 4 is 38.9 Å². The molecule has 0 amide bonds. The van der Waals surface area contributed by atoms with Crippen molar-refractivity contribution in [3.8, 4) is 17.3 Å². The first kappa shape index (κ1) is 27.2. The summed E-state index contributed by atoms with van der Waals surface area (Å²) in [6.45, 7) is 12.3. The Balaban J connectivity index is 0.00000401. The third-order valence-corrected chi connectivity index (χ3v) is 8.22. The summed E-state index contributed by atoms with van der Waals surface area (Å²) in [5.74, 6) is 1.84. The second-order valence-electron chi connectivity index (χ2n) is 13.4. The molecule has 1 aliphatic rings. The molecular weight excluding hydrogens is 736 g/mol. The summed E-state index contributed by atoms with van der Waals surface area (Å²) < 4.78 is 33.0. The van der Waals surface area contributed by atoms with Crippen LogP contribution in [0.2, 0.25) is 0 Å². The van der Waals surface area contributed by atoms with Gasteiger partial charge in [0.15, 0.2) is 0 Å². The van der Waals surface area contributed by atoms with Crippen LogP contribution in [0.4, 0.5) is 17.1 Å². The van der Waals surface area contributed by atoms with Gasteiger partial charge in [-0.1, -0.05) is 71.3 Å². The minimum Gasteiger partial charge on any atom is -0.509 e. The van der Waals surface area contributed by atoms with Gasteiger partial charge in [-0.25, -0.2) is 4.98 Å². The molecule has 4 aromatic carbocycles. The Morgan fingerprint density at radius 3 is 2.29 bits per heavy atom. The standard InChI is InChI=1S/C39H37N4O.Pt/c1-38(2,3)26-15-18-34-36(21-26)42(25-41(34)7)28-11-10-12-29(23-28)44-30-16-17-32-31-13-8-9-14-33(31)43(35(32)24-30)37-22-27(19-20-40-37)39(4,5)6;/h8-22,25H,1-7H3;/q-3;/i7D3;. The SMILES string of the molecule is [2H]C([2H])([2H])N1[CH-]N(c2[c-]c(Oc3[c-]c4c(cc3)c3ccccc3n4-c3cc(C(C)(C)C)ccn3)ccc2)c2cc(C(C)(C)C)ccc21.[Pt]. The van der Waals surface area contributed by atoms with Gasteiger partial charge in [-0.15, -0.1) is 41.4 Å². The van der Waals surface area contributed by atoms with Crippen molar-refractivity contribution in [1.82, 2.24) is 9.55 Å². The largest absolute Gasteiger partial charge is 0.509 e. The predicted octanol–water partition coefficient (Wildman–Crippen LogP) is 9.87. The summed E-state index contributed by atoms with van der Waals surface area (Å²) in [6, 6.07) is 34.9. The number of pyridine rings is 1. The molecule has 0 N–H and O–H groups in total. The Morgan fingerprint density at radius 1 is 0.756 bits per heavy atom. The molecule has 6 aromatic rings. The van der Waals surface area contributed by atoms with Gasteiger partial charge in [0.1, 0.15) is 5.82 Å². The number of hydrogen-bond acceptors (Lipinski definition) is 4. The van der Waals surface area contributed by atoms with E-state index >= 15 is 0 Å². The zero-order valence-corrected chi connectivity index (χ0v) is 28.5. The first-order chi connectivity index (χ1) is 22.2. The Bertz CT molecular complexity index is 2140. The van der Waals surface area contributed by atoms with E-state index in [1.165, 1.54) is 10.5 Å². The van der Waals surface area contributed by atoms with Crippen molar-refractivity contribution in [3.63, 3.8) is 0 Å². The number of aromatic nitrogens is 2. The molecule has 5 nitrogen and oxygen atoms in total. The Labute approximate surface area is 284 Å². The van der Waals surface area contributed by atoms with Crippen molar-refractivity contribution in [1.29, 1.82) is 0 Å². The summed E-state index contributed by atoms with van der Waals surface area (Å²) in [5.41, 5.74) is 6.14.